The molecule has 3 rings (SSSR count). The minimum Gasteiger partial charge on any atom is -0.350 e. The molecule has 5 heteroatoms. The molecule has 0 aliphatic heterocycles. The summed E-state index contributed by atoms with van der Waals surface area (Å²) in [7, 11) is 0. The smallest absolute Gasteiger partial charge is 0.271 e. The van der Waals surface area contributed by atoms with Crippen molar-refractivity contribution in [2.24, 2.45) is 5.73 Å². The van der Waals surface area contributed by atoms with Crippen LogP contribution in [0.25, 0.3) is 0 Å². The third-order valence-electron chi connectivity index (χ3n) is 3.72. The van der Waals surface area contributed by atoms with Crippen molar-refractivity contribution in [1.29, 1.82) is 0 Å². The maximum absolute atomic E-state index is 12.0. The summed E-state index contributed by atoms with van der Waals surface area (Å²) in [5.41, 5.74) is 8.65. The zero-order valence-electron chi connectivity index (χ0n) is 11.2. The third-order valence-corrected chi connectivity index (χ3v) is 3.72. The number of aromatic nitrogens is 2. The summed E-state index contributed by atoms with van der Waals surface area (Å²) in [5, 5.41) is 2.95. The van der Waals surface area contributed by atoms with E-state index in [0.29, 0.717) is 31.2 Å². The van der Waals surface area contributed by atoms with Gasteiger partial charge in [0.15, 0.2) is 0 Å². The van der Waals surface area contributed by atoms with Crippen LogP contribution in [0, 0.1) is 0 Å². The Hall–Kier alpha value is -2.14. The number of nitrogens with one attached hydrogen (secondary N) is 1. The zero-order chi connectivity index (χ0) is 13.9. The molecule has 0 fully saturated rings. The van der Waals surface area contributed by atoms with Crippen molar-refractivity contribution in [1.82, 2.24) is 14.9 Å². The predicted molar refractivity (Wildman–Crippen MR) is 76.5 cm³/mol. The fraction of sp³-hybridized carbons (Fsp3) is 0.333. The summed E-state index contributed by atoms with van der Waals surface area (Å²) in [6.45, 7) is 1.88. The van der Waals surface area contributed by atoms with Gasteiger partial charge in [-0.1, -0.05) is 24.3 Å². The van der Waals surface area contributed by atoms with E-state index < -0.39 is 0 Å². The van der Waals surface area contributed by atoms with Gasteiger partial charge in [-0.25, -0.2) is 4.98 Å². The Morgan fingerprint density at radius 2 is 2.30 bits per heavy atom. The number of rotatable bonds is 5. The minimum absolute atomic E-state index is 0.120. The lowest BCUT2D eigenvalue weighted by atomic mass is 9.77. The largest absolute Gasteiger partial charge is 0.350 e. The monoisotopic (exact) mass is 270 g/mol. The number of amides is 1. The molecule has 1 atom stereocenters. The van der Waals surface area contributed by atoms with Crippen molar-refractivity contribution in [3.05, 3.63) is 53.6 Å². The van der Waals surface area contributed by atoms with Crippen LogP contribution in [0.15, 0.2) is 36.8 Å². The predicted octanol–water partition coefficient (Wildman–Crippen LogP) is 0.911. The SMILES string of the molecule is NCCn1cnc(C(=O)NCC2Cc3ccccc32)c1. The van der Waals surface area contributed by atoms with Gasteiger partial charge in [-0.2, -0.15) is 0 Å². The van der Waals surface area contributed by atoms with Gasteiger partial charge in [0.25, 0.3) is 5.91 Å². The Bertz CT molecular complexity index is 620. The molecule has 20 heavy (non-hydrogen) atoms. The lowest BCUT2D eigenvalue weighted by molar-refractivity contribution is 0.0945. The van der Waals surface area contributed by atoms with Gasteiger partial charge in [0.2, 0.25) is 0 Å². The van der Waals surface area contributed by atoms with E-state index in [1.165, 1.54) is 11.1 Å². The Labute approximate surface area is 117 Å². The second kappa shape index (κ2) is 5.46. The first-order valence-electron chi connectivity index (χ1n) is 6.86. The Balaban J connectivity index is 1.55. The fourth-order valence-electron chi connectivity index (χ4n) is 2.60. The van der Waals surface area contributed by atoms with E-state index in [9.17, 15) is 4.79 Å². The number of hydrogen-bond donors (Lipinski definition) is 2. The number of benzene rings is 1. The van der Waals surface area contributed by atoms with Crippen LogP contribution < -0.4 is 11.1 Å². The second-order valence-electron chi connectivity index (χ2n) is 5.10. The van der Waals surface area contributed by atoms with E-state index >= 15 is 0 Å². The Morgan fingerprint density at radius 3 is 3.10 bits per heavy atom. The van der Waals surface area contributed by atoms with Crippen LogP contribution in [-0.4, -0.2) is 28.5 Å². The van der Waals surface area contributed by atoms with Crippen molar-refractivity contribution < 1.29 is 4.79 Å². The van der Waals surface area contributed by atoms with Crippen LogP contribution in [0.3, 0.4) is 0 Å². The van der Waals surface area contributed by atoms with Gasteiger partial charge in [-0.05, 0) is 17.5 Å². The first kappa shape index (κ1) is 12.9. The summed E-state index contributed by atoms with van der Waals surface area (Å²) in [6.07, 6.45) is 4.41. The van der Waals surface area contributed by atoms with Gasteiger partial charge in [-0.15, -0.1) is 0 Å². The van der Waals surface area contributed by atoms with Crippen LogP contribution in [-0.2, 0) is 13.0 Å². The molecule has 0 saturated carbocycles. The minimum atomic E-state index is -0.120. The Morgan fingerprint density at radius 1 is 1.45 bits per heavy atom. The number of carbonyl (C=O) groups is 1. The van der Waals surface area contributed by atoms with Crippen molar-refractivity contribution >= 4 is 5.91 Å². The quantitative estimate of drug-likeness (QED) is 0.848. The van der Waals surface area contributed by atoms with Crippen LogP contribution in [0.2, 0.25) is 0 Å². The average molecular weight is 270 g/mol. The lowest BCUT2D eigenvalue weighted by Gasteiger charge is -2.30. The molecule has 0 bridgehead atoms. The highest BCUT2D eigenvalue weighted by molar-refractivity contribution is 5.92. The van der Waals surface area contributed by atoms with E-state index in [2.05, 4.69) is 28.5 Å². The molecule has 0 spiro atoms. The van der Waals surface area contributed by atoms with E-state index in [1.807, 2.05) is 10.6 Å². The Kier molecular flexibility index (Phi) is 3.52. The number of nitrogens with zero attached hydrogens (tertiary/aromatic N) is 2. The number of imidazole rings is 1. The van der Waals surface area contributed by atoms with Gasteiger partial charge < -0.3 is 15.6 Å². The molecular formula is C15H18N4O. The maximum atomic E-state index is 12.0. The number of hydrogen-bond acceptors (Lipinski definition) is 3. The molecule has 1 heterocycles. The second-order valence-corrected chi connectivity index (χ2v) is 5.10. The molecule has 1 aromatic heterocycles. The average Bonchev–Trinajstić information content (AvgIpc) is 2.89. The van der Waals surface area contributed by atoms with Crippen LogP contribution in [0.4, 0.5) is 0 Å². The highest BCUT2D eigenvalue weighted by Gasteiger charge is 2.25. The van der Waals surface area contributed by atoms with Gasteiger partial charge in [0.1, 0.15) is 5.69 Å². The molecule has 1 amide bonds. The third kappa shape index (κ3) is 2.44. The maximum Gasteiger partial charge on any atom is 0.271 e. The van der Waals surface area contributed by atoms with Gasteiger partial charge in [0, 0.05) is 31.7 Å². The molecule has 5 nitrogen and oxygen atoms in total. The topological polar surface area (TPSA) is 72.9 Å². The molecule has 1 aliphatic rings. The van der Waals surface area contributed by atoms with Gasteiger partial charge >= 0.3 is 0 Å². The summed E-state index contributed by atoms with van der Waals surface area (Å²) in [5.74, 6) is 0.312. The number of carbonyl (C=O) groups excluding carboxylic acids is 1. The van der Waals surface area contributed by atoms with Crippen LogP contribution >= 0.6 is 0 Å². The molecule has 1 unspecified atom stereocenters. The number of fused-ring (bicyclic) bond motifs is 1. The molecular weight excluding hydrogens is 252 g/mol. The van der Waals surface area contributed by atoms with Crippen molar-refractivity contribution in [2.75, 3.05) is 13.1 Å². The van der Waals surface area contributed by atoms with E-state index in [0.717, 1.165) is 6.42 Å². The zero-order valence-corrected chi connectivity index (χ0v) is 11.2. The molecule has 104 valence electrons. The highest BCUT2D eigenvalue weighted by atomic mass is 16.1. The van der Waals surface area contributed by atoms with E-state index in [4.69, 9.17) is 5.73 Å². The van der Waals surface area contributed by atoms with Crippen molar-refractivity contribution in [3.63, 3.8) is 0 Å². The van der Waals surface area contributed by atoms with E-state index in [1.54, 1.807) is 12.5 Å². The molecule has 1 aliphatic carbocycles. The first-order valence-corrected chi connectivity index (χ1v) is 6.86. The summed E-state index contributed by atoms with van der Waals surface area (Å²) in [4.78, 5) is 16.1. The van der Waals surface area contributed by atoms with Crippen LogP contribution in [0.1, 0.15) is 27.5 Å². The van der Waals surface area contributed by atoms with Crippen molar-refractivity contribution in [3.8, 4) is 0 Å². The normalized spacial score (nSPS) is 16.4. The molecule has 2 aromatic rings. The van der Waals surface area contributed by atoms with Gasteiger partial charge in [-0.3, -0.25) is 4.79 Å². The number of nitrogens with two attached hydrogens (primary N) is 1. The van der Waals surface area contributed by atoms with Gasteiger partial charge in [0.05, 0.1) is 6.33 Å². The summed E-state index contributed by atoms with van der Waals surface area (Å²) >= 11 is 0. The molecule has 0 saturated heterocycles. The van der Waals surface area contributed by atoms with E-state index in [-0.39, 0.29) is 5.91 Å². The standard InChI is InChI=1S/C15H18N4O/c16-5-6-19-9-14(18-10-19)15(20)17-8-12-7-11-3-1-2-4-13(11)12/h1-4,9-10,12H,5-8,16H2,(H,17,20). The highest BCUT2D eigenvalue weighted by Crippen LogP contribution is 2.33. The fourth-order valence-corrected chi connectivity index (χ4v) is 2.60. The molecule has 3 N–H and O–H groups in total. The molecule has 0 radical (unpaired) electrons. The summed E-state index contributed by atoms with van der Waals surface area (Å²) in [6, 6.07) is 8.37. The molecule has 1 aromatic carbocycles. The summed E-state index contributed by atoms with van der Waals surface area (Å²) < 4.78 is 1.83. The van der Waals surface area contributed by atoms with Crippen molar-refractivity contribution in [2.45, 2.75) is 18.9 Å². The lowest BCUT2D eigenvalue weighted by Crippen LogP contribution is -2.33. The van der Waals surface area contributed by atoms with Crippen LogP contribution in [0.5, 0.6) is 0 Å². The first-order chi connectivity index (χ1) is 9.78.